The highest BCUT2D eigenvalue weighted by Crippen LogP contribution is 2.20. The predicted octanol–water partition coefficient (Wildman–Crippen LogP) is 4.83. The zero-order valence-corrected chi connectivity index (χ0v) is 18.0. The molecule has 0 aliphatic carbocycles. The van der Waals surface area contributed by atoms with Crippen LogP contribution >= 0.6 is 0 Å². The van der Waals surface area contributed by atoms with Crippen LogP contribution in [0.1, 0.15) is 76.0 Å². The molecular formula is C24H36Si. The van der Waals surface area contributed by atoms with Crippen LogP contribution < -0.4 is 10.4 Å². The van der Waals surface area contributed by atoms with Gasteiger partial charge in [-0.2, -0.15) is 0 Å². The molecule has 0 aromatic heterocycles. The Hall–Kier alpha value is -1.34. The minimum absolute atomic E-state index is 0.371. The highest BCUT2D eigenvalue weighted by Gasteiger charge is 2.13. The molecule has 2 aromatic carbocycles. The van der Waals surface area contributed by atoms with Crippen LogP contribution in [0.15, 0.2) is 42.5 Å². The van der Waals surface area contributed by atoms with E-state index in [-0.39, 0.29) is 9.52 Å². The van der Waals surface area contributed by atoms with Crippen molar-refractivity contribution < 1.29 is 0 Å². The van der Waals surface area contributed by atoms with Crippen LogP contribution in [0.2, 0.25) is 0 Å². The van der Waals surface area contributed by atoms with Crippen molar-refractivity contribution in [1.82, 2.24) is 0 Å². The average molecular weight is 353 g/mol. The predicted molar refractivity (Wildman–Crippen MR) is 117 cm³/mol. The lowest BCUT2D eigenvalue weighted by molar-refractivity contribution is 0.737. The highest BCUT2D eigenvalue weighted by molar-refractivity contribution is 6.67. The second kappa shape index (κ2) is 11.3. The monoisotopic (exact) mass is 352 g/mol. The quantitative estimate of drug-likeness (QED) is 0.508. The fourth-order valence-electron chi connectivity index (χ4n) is 3.70. The maximum Gasteiger partial charge on any atom is 0.0878 e. The van der Waals surface area contributed by atoms with Gasteiger partial charge in [0.05, 0.1) is 9.52 Å². The third kappa shape index (κ3) is 6.15. The standard InChI is InChI=1S/C24H36Si/c1-4-7-13-20-18-19-24(25-21-14-11-10-12-15-21)23(17-9-6-3)22(20)16-8-5-2/h10-12,14-15,18-19H,4-9,13,16-17,25H2,1-3H3. The molecule has 0 saturated heterocycles. The summed E-state index contributed by atoms with van der Waals surface area (Å²) in [5.41, 5.74) is 5.11. The van der Waals surface area contributed by atoms with Gasteiger partial charge >= 0.3 is 0 Å². The molecule has 0 spiro atoms. The lowest BCUT2D eigenvalue weighted by atomic mass is 9.91. The van der Waals surface area contributed by atoms with Crippen LogP contribution in [0.5, 0.6) is 0 Å². The second-order valence-corrected chi connectivity index (χ2v) is 9.25. The molecule has 25 heavy (non-hydrogen) atoms. The maximum atomic E-state index is 2.49. The summed E-state index contributed by atoms with van der Waals surface area (Å²) in [4.78, 5) is 0. The van der Waals surface area contributed by atoms with Crippen molar-refractivity contribution in [1.29, 1.82) is 0 Å². The van der Waals surface area contributed by atoms with Gasteiger partial charge in [0, 0.05) is 0 Å². The van der Waals surface area contributed by atoms with Crippen LogP contribution in [-0.4, -0.2) is 9.52 Å². The molecule has 2 rings (SSSR count). The Morgan fingerprint density at radius 1 is 0.640 bits per heavy atom. The molecule has 0 fully saturated rings. The SMILES string of the molecule is CCCCc1ccc([SiH2]c2ccccc2)c(CCCC)c1CCCC. The fourth-order valence-corrected chi connectivity index (χ4v) is 5.49. The lowest BCUT2D eigenvalue weighted by Gasteiger charge is -2.19. The zero-order valence-electron chi connectivity index (χ0n) is 16.6. The Morgan fingerprint density at radius 2 is 1.24 bits per heavy atom. The van der Waals surface area contributed by atoms with Gasteiger partial charge in [-0.25, -0.2) is 0 Å². The first-order valence-electron chi connectivity index (χ1n) is 10.5. The molecule has 1 heteroatoms. The smallest absolute Gasteiger partial charge is 0.0654 e. The second-order valence-electron chi connectivity index (χ2n) is 7.31. The number of benzene rings is 2. The van der Waals surface area contributed by atoms with E-state index in [4.69, 9.17) is 0 Å². The Morgan fingerprint density at radius 3 is 1.88 bits per heavy atom. The molecule has 0 N–H and O–H groups in total. The van der Waals surface area contributed by atoms with E-state index in [1.807, 2.05) is 0 Å². The molecule has 0 bridgehead atoms. The molecule has 0 radical (unpaired) electrons. The van der Waals surface area contributed by atoms with E-state index in [1.165, 1.54) is 57.8 Å². The van der Waals surface area contributed by atoms with Crippen LogP contribution in [0.4, 0.5) is 0 Å². The molecule has 2 aromatic rings. The number of aryl methyl sites for hydroxylation is 1. The van der Waals surface area contributed by atoms with Crippen molar-refractivity contribution in [2.24, 2.45) is 0 Å². The minimum atomic E-state index is -0.371. The maximum absolute atomic E-state index is 2.49. The van der Waals surface area contributed by atoms with Gasteiger partial charge in [0.2, 0.25) is 0 Å². The van der Waals surface area contributed by atoms with Gasteiger partial charge in [0.25, 0.3) is 0 Å². The van der Waals surface area contributed by atoms with Crippen molar-refractivity contribution in [3.63, 3.8) is 0 Å². The Balaban J connectivity index is 2.38. The number of rotatable bonds is 11. The summed E-state index contributed by atoms with van der Waals surface area (Å²) in [6.07, 6.45) is 11.7. The summed E-state index contributed by atoms with van der Waals surface area (Å²) in [5, 5.41) is 3.27. The van der Waals surface area contributed by atoms with Gasteiger partial charge in [-0.15, -0.1) is 0 Å². The van der Waals surface area contributed by atoms with Gasteiger partial charge in [-0.05, 0) is 55.2 Å². The molecule has 0 saturated carbocycles. The Bertz CT molecular complexity index is 615. The van der Waals surface area contributed by atoms with Crippen molar-refractivity contribution in [3.8, 4) is 0 Å². The van der Waals surface area contributed by atoms with Crippen molar-refractivity contribution in [2.45, 2.75) is 78.6 Å². The minimum Gasteiger partial charge on any atom is -0.0654 e. The number of unbranched alkanes of at least 4 members (excludes halogenated alkanes) is 3. The van der Waals surface area contributed by atoms with Crippen molar-refractivity contribution >= 4 is 19.9 Å². The van der Waals surface area contributed by atoms with Gasteiger partial charge < -0.3 is 0 Å². The van der Waals surface area contributed by atoms with Gasteiger partial charge in [0.15, 0.2) is 0 Å². The van der Waals surface area contributed by atoms with Crippen LogP contribution in [0.25, 0.3) is 0 Å². The van der Waals surface area contributed by atoms with E-state index >= 15 is 0 Å². The van der Waals surface area contributed by atoms with Gasteiger partial charge in [0.1, 0.15) is 0 Å². The molecule has 136 valence electrons. The average Bonchev–Trinajstić information content (AvgIpc) is 2.65. The van der Waals surface area contributed by atoms with E-state index in [0.29, 0.717) is 0 Å². The lowest BCUT2D eigenvalue weighted by Crippen LogP contribution is -2.31. The normalized spacial score (nSPS) is 11.5. The van der Waals surface area contributed by atoms with E-state index in [9.17, 15) is 0 Å². The zero-order chi connectivity index (χ0) is 17.9. The summed E-state index contributed by atoms with van der Waals surface area (Å²) in [5.74, 6) is 0. The summed E-state index contributed by atoms with van der Waals surface area (Å²) in [7, 11) is -0.371. The van der Waals surface area contributed by atoms with Gasteiger partial charge in [-0.1, -0.05) is 92.9 Å². The van der Waals surface area contributed by atoms with Crippen LogP contribution in [0, 0.1) is 0 Å². The Labute approximate surface area is 157 Å². The number of hydrogen-bond donors (Lipinski definition) is 0. The first kappa shape index (κ1) is 20.0. The largest absolute Gasteiger partial charge is 0.0878 e. The van der Waals surface area contributed by atoms with Crippen molar-refractivity contribution in [3.05, 3.63) is 59.2 Å². The molecule has 0 amide bonds. The Kier molecular flexibility index (Phi) is 9.03. The number of hydrogen-bond acceptors (Lipinski definition) is 0. The topological polar surface area (TPSA) is 0 Å². The van der Waals surface area contributed by atoms with E-state index in [1.54, 1.807) is 27.1 Å². The molecule has 0 aliphatic heterocycles. The molecule has 0 atom stereocenters. The summed E-state index contributed by atoms with van der Waals surface area (Å²) < 4.78 is 0. The molecule has 0 heterocycles. The molecule has 0 nitrogen and oxygen atoms in total. The summed E-state index contributed by atoms with van der Waals surface area (Å²) in [6, 6.07) is 16.1. The first-order chi connectivity index (χ1) is 12.3. The third-order valence-electron chi connectivity index (χ3n) is 5.22. The fraction of sp³-hybridized carbons (Fsp3) is 0.500. The van der Waals surface area contributed by atoms with E-state index in [2.05, 4.69) is 63.2 Å². The van der Waals surface area contributed by atoms with Gasteiger partial charge in [-0.3, -0.25) is 0 Å². The molecular weight excluding hydrogens is 316 g/mol. The third-order valence-corrected chi connectivity index (χ3v) is 7.15. The highest BCUT2D eigenvalue weighted by atomic mass is 28.2. The molecule has 0 aliphatic rings. The van der Waals surface area contributed by atoms with Crippen LogP contribution in [-0.2, 0) is 19.3 Å². The van der Waals surface area contributed by atoms with E-state index < -0.39 is 0 Å². The summed E-state index contributed by atoms with van der Waals surface area (Å²) >= 11 is 0. The van der Waals surface area contributed by atoms with Crippen LogP contribution in [0.3, 0.4) is 0 Å². The summed E-state index contributed by atoms with van der Waals surface area (Å²) in [6.45, 7) is 6.95. The van der Waals surface area contributed by atoms with Crippen molar-refractivity contribution in [2.75, 3.05) is 0 Å². The first-order valence-corrected chi connectivity index (χ1v) is 11.9. The van der Waals surface area contributed by atoms with E-state index in [0.717, 1.165) is 0 Å². The molecule has 0 unspecified atom stereocenters.